The first kappa shape index (κ1) is 21.1. The first-order chi connectivity index (χ1) is 12.9. The molecule has 0 aliphatic heterocycles. The van der Waals surface area contributed by atoms with Gasteiger partial charge in [-0.3, -0.25) is 0 Å². The summed E-state index contributed by atoms with van der Waals surface area (Å²) in [5, 5.41) is 0. The smallest absolute Gasteiger partial charge is 0.161 e. The van der Waals surface area contributed by atoms with Crippen molar-refractivity contribution in [3.8, 4) is 17.2 Å². The molecule has 0 aromatic heterocycles. The summed E-state index contributed by atoms with van der Waals surface area (Å²) in [6.07, 6.45) is 1.02. The molecule has 2 rings (SSSR count). The Morgan fingerprint density at radius 3 is 2.00 bits per heavy atom. The van der Waals surface area contributed by atoms with E-state index >= 15 is 0 Å². The second-order valence-corrected chi connectivity index (χ2v) is 7.55. The van der Waals surface area contributed by atoms with Gasteiger partial charge in [0.25, 0.3) is 0 Å². The molecule has 2 aromatic rings. The van der Waals surface area contributed by atoms with E-state index in [0.29, 0.717) is 26.4 Å². The third-order valence-electron chi connectivity index (χ3n) is 4.40. The minimum absolute atomic E-state index is 0.0293. The SMILES string of the molecule is CCOc1cc(CN)ccc1OCCOc1ccc(CC)cc1C(C)(C)C. The van der Waals surface area contributed by atoms with E-state index in [4.69, 9.17) is 19.9 Å². The number of nitrogens with two attached hydrogens (primary N) is 1. The Morgan fingerprint density at radius 2 is 1.41 bits per heavy atom. The van der Waals surface area contributed by atoms with E-state index in [1.807, 2.05) is 25.1 Å². The summed E-state index contributed by atoms with van der Waals surface area (Å²) in [4.78, 5) is 0. The van der Waals surface area contributed by atoms with Crippen LogP contribution in [0.1, 0.15) is 51.3 Å². The van der Waals surface area contributed by atoms with E-state index in [1.165, 1.54) is 11.1 Å². The van der Waals surface area contributed by atoms with E-state index in [2.05, 4.69) is 45.9 Å². The Labute approximate surface area is 163 Å². The van der Waals surface area contributed by atoms with Gasteiger partial charge in [0.1, 0.15) is 19.0 Å². The number of benzene rings is 2. The summed E-state index contributed by atoms with van der Waals surface area (Å²) in [6, 6.07) is 12.2. The van der Waals surface area contributed by atoms with Gasteiger partial charge in [0.2, 0.25) is 0 Å². The van der Waals surface area contributed by atoms with Gasteiger partial charge in [-0.05, 0) is 53.6 Å². The van der Waals surface area contributed by atoms with Gasteiger partial charge in [0, 0.05) is 6.54 Å². The van der Waals surface area contributed by atoms with Crippen LogP contribution in [0.5, 0.6) is 17.2 Å². The zero-order chi connectivity index (χ0) is 19.9. The van der Waals surface area contributed by atoms with Gasteiger partial charge in [-0.1, -0.05) is 45.9 Å². The number of aryl methyl sites for hydroxylation is 1. The molecule has 27 heavy (non-hydrogen) atoms. The van der Waals surface area contributed by atoms with Crippen LogP contribution in [0.15, 0.2) is 36.4 Å². The van der Waals surface area contributed by atoms with Crippen molar-refractivity contribution in [2.24, 2.45) is 5.73 Å². The fourth-order valence-electron chi connectivity index (χ4n) is 2.88. The maximum atomic E-state index is 6.04. The lowest BCUT2D eigenvalue weighted by Crippen LogP contribution is -2.16. The van der Waals surface area contributed by atoms with Crippen molar-refractivity contribution >= 4 is 0 Å². The van der Waals surface area contributed by atoms with Crippen LogP contribution >= 0.6 is 0 Å². The Kier molecular flexibility index (Phi) is 7.55. The van der Waals surface area contributed by atoms with Crippen LogP contribution in [0.4, 0.5) is 0 Å². The third kappa shape index (κ3) is 5.90. The lowest BCUT2D eigenvalue weighted by Gasteiger charge is -2.24. The highest BCUT2D eigenvalue weighted by Crippen LogP contribution is 2.33. The van der Waals surface area contributed by atoms with Crippen LogP contribution in [0.2, 0.25) is 0 Å². The number of hydrogen-bond donors (Lipinski definition) is 1. The van der Waals surface area contributed by atoms with Gasteiger partial charge in [-0.15, -0.1) is 0 Å². The lowest BCUT2D eigenvalue weighted by molar-refractivity contribution is 0.206. The van der Waals surface area contributed by atoms with Crippen molar-refractivity contribution in [3.05, 3.63) is 53.1 Å². The molecule has 0 saturated heterocycles. The van der Waals surface area contributed by atoms with Gasteiger partial charge >= 0.3 is 0 Å². The standard InChI is InChI=1S/C23H33NO3/c1-6-17-8-10-20(19(14-17)23(3,4)5)26-12-13-27-21-11-9-18(16-24)15-22(21)25-7-2/h8-11,14-15H,6-7,12-13,16,24H2,1-5H3. The normalized spacial score (nSPS) is 11.3. The molecule has 0 aliphatic rings. The topological polar surface area (TPSA) is 53.7 Å². The van der Waals surface area contributed by atoms with Crippen LogP contribution in [-0.2, 0) is 18.4 Å². The molecule has 0 radical (unpaired) electrons. The molecule has 0 amide bonds. The molecular weight excluding hydrogens is 338 g/mol. The second kappa shape index (κ2) is 9.65. The first-order valence-corrected chi connectivity index (χ1v) is 9.73. The molecule has 0 saturated carbocycles. The highest BCUT2D eigenvalue weighted by atomic mass is 16.5. The number of ether oxygens (including phenoxy) is 3. The van der Waals surface area contributed by atoms with E-state index in [-0.39, 0.29) is 5.41 Å². The minimum atomic E-state index is 0.0293. The molecule has 0 bridgehead atoms. The molecule has 0 atom stereocenters. The molecule has 4 heteroatoms. The van der Waals surface area contributed by atoms with Gasteiger partial charge in [0.05, 0.1) is 6.61 Å². The van der Waals surface area contributed by atoms with Gasteiger partial charge in [-0.2, -0.15) is 0 Å². The molecule has 0 unspecified atom stereocenters. The molecule has 2 N–H and O–H groups in total. The first-order valence-electron chi connectivity index (χ1n) is 9.73. The molecule has 148 valence electrons. The molecular formula is C23H33NO3. The predicted octanol–water partition coefficient (Wildman–Crippen LogP) is 4.86. The Balaban J connectivity index is 2.01. The van der Waals surface area contributed by atoms with Crippen molar-refractivity contribution in [1.29, 1.82) is 0 Å². The van der Waals surface area contributed by atoms with Crippen LogP contribution in [0.25, 0.3) is 0 Å². The summed E-state index contributed by atoms with van der Waals surface area (Å²) in [5.41, 5.74) is 9.30. The lowest BCUT2D eigenvalue weighted by atomic mass is 9.85. The molecule has 2 aromatic carbocycles. The maximum absolute atomic E-state index is 6.04. The highest BCUT2D eigenvalue weighted by molar-refractivity contribution is 5.43. The van der Waals surface area contributed by atoms with E-state index in [1.54, 1.807) is 0 Å². The average Bonchev–Trinajstić information content (AvgIpc) is 2.65. The van der Waals surface area contributed by atoms with Crippen molar-refractivity contribution in [2.45, 2.75) is 53.0 Å². The molecule has 0 aliphatic carbocycles. The zero-order valence-corrected chi connectivity index (χ0v) is 17.3. The summed E-state index contributed by atoms with van der Waals surface area (Å²) in [6.45, 7) is 12.7. The molecule has 4 nitrogen and oxygen atoms in total. The van der Waals surface area contributed by atoms with Crippen LogP contribution < -0.4 is 19.9 Å². The highest BCUT2D eigenvalue weighted by Gasteiger charge is 2.19. The monoisotopic (exact) mass is 371 g/mol. The van der Waals surface area contributed by atoms with E-state index < -0.39 is 0 Å². The van der Waals surface area contributed by atoms with Crippen molar-refractivity contribution in [2.75, 3.05) is 19.8 Å². The van der Waals surface area contributed by atoms with Gasteiger partial charge in [-0.25, -0.2) is 0 Å². The largest absolute Gasteiger partial charge is 0.490 e. The van der Waals surface area contributed by atoms with Crippen molar-refractivity contribution in [1.82, 2.24) is 0 Å². The van der Waals surface area contributed by atoms with Gasteiger partial charge in [0.15, 0.2) is 11.5 Å². The van der Waals surface area contributed by atoms with E-state index in [0.717, 1.165) is 29.2 Å². The Hall–Kier alpha value is -2.20. The predicted molar refractivity (Wildman–Crippen MR) is 111 cm³/mol. The molecule has 0 spiro atoms. The summed E-state index contributed by atoms with van der Waals surface area (Å²) < 4.78 is 17.6. The Morgan fingerprint density at radius 1 is 0.778 bits per heavy atom. The molecule has 0 fully saturated rings. The average molecular weight is 372 g/mol. The zero-order valence-electron chi connectivity index (χ0n) is 17.3. The maximum Gasteiger partial charge on any atom is 0.161 e. The number of rotatable bonds is 9. The Bertz CT molecular complexity index is 735. The van der Waals surface area contributed by atoms with Crippen molar-refractivity contribution in [3.63, 3.8) is 0 Å². The summed E-state index contributed by atoms with van der Waals surface area (Å²) in [5.74, 6) is 2.37. The van der Waals surface area contributed by atoms with Crippen LogP contribution in [0.3, 0.4) is 0 Å². The summed E-state index contributed by atoms with van der Waals surface area (Å²) in [7, 11) is 0. The fraction of sp³-hybridized carbons (Fsp3) is 0.478. The van der Waals surface area contributed by atoms with Crippen LogP contribution in [-0.4, -0.2) is 19.8 Å². The fourth-order valence-corrected chi connectivity index (χ4v) is 2.88. The molecule has 0 heterocycles. The quantitative estimate of drug-likeness (QED) is 0.640. The third-order valence-corrected chi connectivity index (χ3v) is 4.40. The van der Waals surface area contributed by atoms with E-state index in [9.17, 15) is 0 Å². The van der Waals surface area contributed by atoms with Gasteiger partial charge < -0.3 is 19.9 Å². The second-order valence-electron chi connectivity index (χ2n) is 7.55. The van der Waals surface area contributed by atoms with Crippen LogP contribution in [0, 0.1) is 0 Å². The summed E-state index contributed by atoms with van der Waals surface area (Å²) >= 11 is 0. The minimum Gasteiger partial charge on any atom is -0.490 e. The number of hydrogen-bond acceptors (Lipinski definition) is 4. The van der Waals surface area contributed by atoms with Crippen molar-refractivity contribution < 1.29 is 14.2 Å².